The third-order valence-corrected chi connectivity index (χ3v) is 12.8. The summed E-state index contributed by atoms with van der Waals surface area (Å²) in [5.74, 6) is 0. The molecule has 0 bridgehead atoms. The molecule has 3 aromatic heterocycles. The molecule has 0 aliphatic heterocycles. The SMILES string of the molecule is c1ccc(-c2cccc3c2sc2c(N(c4ccc(-c5cccc6c5sc5ccccc56)cc4)c4cccc5c4oc4ccccc45)cccc23)cc1. The predicted octanol–water partition coefficient (Wildman–Crippen LogP) is 15.1. The largest absolute Gasteiger partial charge is 0.454 e. The molecule has 0 aliphatic carbocycles. The average molecular weight is 700 g/mol. The number of rotatable bonds is 5. The Hall–Kier alpha value is -6.20. The zero-order chi connectivity index (χ0) is 34.2. The molecular formula is C48H29NOS2. The minimum absolute atomic E-state index is 0.880. The molecule has 11 aromatic rings. The van der Waals surface area contributed by atoms with Gasteiger partial charge in [0.2, 0.25) is 0 Å². The molecule has 11 rings (SSSR count). The highest BCUT2D eigenvalue weighted by molar-refractivity contribution is 7.27. The Labute approximate surface area is 308 Å². The van der Waals surface area contributed by atoms with E-state index in [0.717, 1.165) is 39.0 Å². The fraction of sp³-hybridized carbons (Fsp3) is 0. The summed E-state index contributed by atoms with van der Waals surface area (Å²) < 4.78 is 11.9. The van der Waals surface area contributed by atoms with Gasteiger partial charge in [0.05, 0.1) is 16.1 Å². The second-order valence-electron chi connectivity index (χ2n) is 13.2. The molecule has 0 spiro atoms. The number of benzene rings is 8. The number of thiophene rings is 2. The number of fused-ring (bicyclic) bond motifs is 9. The van der Waals surface area contributed by atoms with Crippen molar-refractivity contribution < 1.29 is 4.42 Å². The smallest absolute Gasteiger partial charge is 0.159 e. The second kappa shape index (κ2) is 11.7. The topological polar surface area (TPSA) is 16.4 Å². The summed E-state index contributed by atoms with van der Waals surface area (Å²) >= 11 is 3.74. The van der Waals surface area contributed by atoms with Gasteiger partial charge in [-0.3, -0.25) is 0 Å². The molecule has 244 valence electrons. The molecule has 4 heteroatoms. The van der Waals surface area contributed by atoms with Crippen LogP contribution in [0.4, 0.5) is 17.1 Å². The third-order valence-electron chi connectivity index (χ3n) is 10.3. The van der Waals surface area contributed by atoms with Crippen LogP contribution in [0.15, 0.2) is 180 Å². The van der Waals surface area contributed by atoms with E-state index in [1.165, 1.54) is 62.6 Å². The first-order valence-electron chi connectivity index (χ1n) is 17.5. The van der Waals surface area contributed by atoms with Gasteiger partial charge in [0, 0.05) is 52.1 Å². The Morgan fingerprint density at radius 2 is 0.923 bits per heavy atom. The van der Waals surface area contributed by atoms with Gasteiger partial charge in [-0.25, -0.2) is 0 Å². The lowest BCUT2D eigenvalue weighted by molar-refractivity contribution is 0.669. The minimum Gasteiger partial charge on any atom is -0.454 e. The van der Waals surface area contributed by atoms with Crippen molar-refractivity contribution in [3.63, 3.8) is 0 Å². The Morgan fingerprint density at radius 1 is 0.365 bits per heavy atom. The van der Waals surface area contributed by atoms with E-state index < -0.39 is 0 Å². The molecule has 0 N–H and O–H groups in total. The maximum absolute atomic E-state index is 6.69. The van der Waals surface area contributed by atoms with E-state index in [4.69, 9.17) is 4.42 Å². The number of hydrogen-bond donors (Lipinski definition) is 0. The van der Waals surface area contributed by atoms with Crippen molar-refractivity contribution in [2.75, 3.05) is 4.90 Å². The monoisotopic (exact) mass is 699 g/mol. The molecule has 0 saturated carbocycles. The maximum Gasteiger partial charge on any atom is 0.159 e. The first-order valence-corrected chi connectivity index (χ1v) is 19.1. The van der Waals surface area contributed by atoms with Crippen molar-refractivity contribution in [3.05, 3.63) is 176 Å². The van der Waals surface area contributed by atoms with Crippen LogP contribution in [0.3, 0.4) is 0 Å². The van der Waals surface area contributed by atoms with Gasteiger partial charge in [0.15, 0.2) is 5.58 Å². The van der Waals surface area contributed by atoms with Crippen LogP contribution in [-0.2, 0) is 0 Å². The summed E-state index contributed by atoms with van der Waals surface area (Å²) in [6.45, 7) is 0. The zero-order valence-electron chi connectivity index (χ0n) is 27.9. The van der Waals surface area contributed by atoms with Gasteiger partial charge < -0.3 is 9.32 Å². The Kier molecular flexibility index (Phi) is 6.63. The number of anilines is 3. The van der Waals surface area contributed by atoms with E-state index in [9.17, 15) is 0 Å². The summed E-state index contributed by atoms with van der Waals surface area (Å²) in [6, 6.07) is 63.5. The summed E-state index contributed by atoms with van der Waals surface area (Å²) in [7, 11) is 0. The molecule has 0 aliphatic rings. The Bertz CT molecular complexity index is 3130. The summed E-state index contributed by atoms with van der Waals surface area (Å²) in [5.41, 5.74) is 9.95. The van der Waals surface area contributed by atoms with E-state index in [1.807, 2.05) is 28.7 Å². The number of nitrogens with zero attached hydrogens (tertiary/aromatic N) is 1. The highest BCUT2D eigenvalue weighted by Gasteiger charge is 2.23. The van der Waals surface area contributed by atoms with Crippen molar-refractivity contribution in [2.45, 2.75) is 0 Å². The van der Waals surface area contributed by atoms with Crippen LogP contribution in [0.25, 0.3) is 84.5 Å². The number of para-hydroxylation sites is 2. The molecule has 2 nitrogen and oxygen atoms in total. The Morgan fingerprint density at radius 3 is 1.71 bits per heavy atom. The molecular weight excluding hydrogens is 671 g/mol. The first-order chi connectivity index (χ1) is 25.8. The first kappa shape index (κ1) is 29.5. The lowest BCUT2D eigenvalue weighted by Crippen LogP contribution is -2.10. The van der Waals surface area contributed by atoms with E-state index in [0.29, 0.717) is 0 Å². The van der Waals surface area contributed by atoms with Crippen molar-refractivity contribution in [3.8, 4) is 22.3 Å². The van der Waals surface area contributed by atoms with Crippen molar-refractivity contribution in [1.82, 2.24) is 0 Å². The normalized spacial score (nSPS) is 11.8. The molecule has 0 atom stereocenters. The molecule has 0 amide bonds. The average Bonchev–Trinajstić information content (AvgIpc) is 3.91. The van der Waals surface area contributed by atoms with Gasteiger partial charge in [-0.2, -0.15) is 0 Å². The van der Waals surface area contributed by atoms with Crippen LogP contribution in [0, 0.1) is 0 Å². The van der Waals surface area contributed by atoms with Crippen molar-refractivity contribution >= 4 is 102 Å². The molecule has 3 heterocycles. The van der Waals surface area contributed by atoms with Gasteiger partial charge in [-0.05, 0) is 58.7 Å². The number of furan rings is 1. The van der Waals surface area contributed by atoms with E-state index in [2.05, 4.69) is 175 Å². The van der Waals surface area contributed by atoms with Crippen LogP contribution >= 0.6 is 22.7 Å². The summed E-state index contributed by atoms with van der Waals surface area (Å²) in [4.78, 5) is 2.40. The quantitative estimate of drug-likeness (QED) is 0.178. The standard InChI is InChI=1S/C48H29NOS2/c1-2-12-30(13-3-1)33-16-9-20-39-40-21-11-23-42(48(40)52-47(33)39)49(41-22-10-18-37-35-14-4-6-24-43(35)50-45(37)41)32-28-26-31(27-29-32)34-17-8-19-38-36-15-5-7-25-44(36)51-46(34)38/h1-29H. The highest BCUT2D eigenvalue weighted by Crippen LogP contribution is 2.49. The summed E-state index contributed by atoms with van der Waals surface area (Å²) in [6.07, 6.45) is 0. The van der Waals surface area contributed by atoms with Crippen LogP contribution in [0.1, 0.15) is 0 Å². The van der Waals surface area contributed by atoms with Crippen LogP contribution in [0.2, 0.25) is 0 Å². The highest BCUT2D eigenvalue weighted by atomic mass is 32.1. The van der Waals surface area contributed by atoms with E-state index in [-0.39, 0.29) is 0 Å². The molecule has 0 fully saturated rings. The van der Waals surface area contributed by atoms with Gasteiger partial charge in [-0.15, -0.1) is 22.7 Å². The van der Waals surface area contributed by atoms with E-state index >= 15 is 0 Å². The van der Waals surface area contributed by atoms with Crippen molar-refractivity contribution in [1.29, 1.82) is 0 Å². The fourth-order valence-corrected chi connectivity index (χ4v) is 10.5. The number of hydrogen-bond acceptors (Lipinski definition) is 4. The van der Waals surface area contributed by atoms with Gasteiger partial charge >= 0.3 is 0 Å². The van der Waals surface area contributed by atoms with Crippen LogP contribution in [0.5, 0.6) is 0 Å². The minimum atomic E-state index is 0.880. The van der Waals surface area contributed by atoms with Gasteiger partial charge in [-0.1, -0.05) is 140 Å². The molecule has 8 aromatic carbocycles. The van der Waals surface area contributed by atoms with Crippen molar-refractivity contribution in [2.24, 2.45) is 0 Å². The van der Waals surface area contributed by atoms with Gasteiger partial charge in [0.25, 0.3) is 0 Å². The van der Waals surface area contributed by atoms with Gasteiger partial charge in [0.1, 0.15) is 5.58 Å². The molecule has 52 heavy (non-hydrogen) atoms. The zero-order valence-corrected chi connectivity index (χ0v) is 29.5. The Balaban J connectivity index is 1.14. The summed E-state index contributed by atoms with van der Waals surface area (Å²) in [5, 5.41) is 7.39. The predicted molar refractivity (Wildman–Crippen MR) is 225 cm³/mol. The molecule has 0 saturated heterocycles. The lowest BCUT2D eigenvalue weighted by atomic mass is 10.0. The van der Waals surface area contributed by atoms with Crippen LogP contribution < -0.4 is 4.90 Å². The third kappa shape index (κ3) is 4.48. The maximum atomic E-state index is 6.69. The molecule has 0 radical (unpaired) electrons. The van der Waals surface area contributed by atoms with Crippen LogP contribution in [-0.4, -0.2) is 0 Å². The second-order valence-corrected chi connectivity index (χ2v) is 15.3. The molecule has 0 unspecified atom stereocenters. The fourth-order valence-electron chi connectivity index (χ4n) is 7.91. The lowest BCUT2D eigenvalue weighted by Gasteiger charge is -2.26. The van der Waals surface area contributed by atoms with E-state index in [1.54, 1.807) is 0 Å².